The lowest BCUT2D eigenvalue weighted by Crippen LogP contribution is -2.17. The van der Waals surface area contributed by atoms with Crippen LogP contribution in [0.25, 0.3) is 0 Å². The molecule has 0 heterocycles. The molecule has 122 valence electrons. The number of amides is 1. The molecule has 0 bridgehead atoms. The molecule has 7 heteroatoms. The van der Waals surface area contributed by atoms with Crippen molar-refractivity contribution in [2.75, 3.05) is 15.8 Å². The van der Waals surface area contributed by atoms with Gasteiger partial charge in [0, 0.05) is 20.5 Å². The number of halogens is 1. The average molecular weight is 444 g/mol. The number of carbonyl (C=O) groups is 1. The number of rotatable bonds is 6. The Bertz CT molecular complexity index is 789. The zero-order chi connectivity index (χ0) is 16.9. The van der Waals surface area contributed by atoms with E-state index in [1.165, 1.54) is 6.07 Å². The number of anilines is 2. The van der Waals surface area contributed by atoms with Gasteiger partial charge in [-0.2, -0.15) is 0 Å². The summed E-state index contributed by atoms with van der Waals surface area (Å²) in [6.45, 7) is 1.80. The third-order valence-electron chi connectivity index (χ3n) is 2.97. The smallest absolute Gasteiger partial charge is 0.255 e. The predicted octanol–water partition coefficient (Wildman–Crippen LogP) is 3.70. The third-order valence-corrected chi connectivity index (χ3v) is 5.18. The molecule has 0 unspecified atom stereocenters. The molecule has 0 atom stereocenters. The second kappa shape index (κ2) is 7.78. The molecule has 2 N–H and O–H groups in total. The highest BCUT2D eigenvalue weighted by Crippen LogP contribution is 2.16. The first kappa shape index (κ1) is 17.7. The molecule has 0 saturated heterocycles. The summed E-state index contributed by atoms with van der Waals surface area (Å²) in [6.07, 6.45) is 0.530. The summed E-state index contributed by atoms with van der Waals surface area (Å²) in [7, 11) is -3.37. The van der Waals surface area contributed by atoms with E-state index in [4.69, 9.17) is 0 Å². The van der Waals surface area contributed by atoms with E-state index < -0.39 is 10.0 Å². The molecule has 2 aromatic rings. The van der Waals surface area contributed by atoms with Crippen molar-refractivity contribution >= 4 is 49.9 Å². The highest BCUT2D eigenvalue weighted by Gasteiger charge is 2.11. The minimum Gasteiger partial charge on any atom is -0.322 e. The second-order valence-electron chi connectivity index (χ2n) is 4.96. The summed E-state index contributed by atoms with van der Waals surface area (Å²) in [5.41, 5.74) is 1.46. The Balaban J connectivity index is 2.12. The van der Waals surface area contributed by atoms with Gasteiger partial charge in [0.1, 0.15) is 0 Å². The SMILES string of the molecule is CCCS(=O)(=O)Nc1cccc(C(=O)Nc2ccc(I)cc2)c1. The van der Waals surface area contributed by atoms with E-state index in [2.05, 4.69) is 32.6 Å². The summed E-state index contributed by atoms with van der Waals surface area (Å²) < 4.78 is 27.1. The summed E-state index contributed by atoms with van der Waals surface area (Å²) in [5, 5.41) is 2.78. The van der Waals surface area contributed by atoms with Crippen LogP contribution in [0.1, 0.15) is 23.7 Å². The maximum absolute atomic E-state index is 12.3. The normalized spacial score (nSPS) is 11.0. The zero-order valence-corrected chi connectivity index (χ0v) is 15.5. The third kappa shape index (κ3) is 5.51. The monoisotopic (exact) mass is 444 g/mol. The number of carbonyl (C=O) groups excluding carboxylic acids is 1. The van der Waals surface area contributed by atoms with Crippen LogP contribution < -0.4 is 10.0 Å². The molecule has 2 rings (SSSR count). The molecule has 5 nitrogen and oxygen atoms in total. The van der Waals surface area contributed by atoms with E-state index in [0.29, 0.717) is 23.4 Å². The molecule has 2 aromatic carbocycles. The van der Waals surface area contributed by atoms with Crippen molar-refractivity contribution < 1.29 is 13.2 Å². The van der Waals surface area contributed by atoms with E-state index in [9.17, 15) is 13.2 Å². The Morgan fingerprint density at radius 3 is 2.43 bits per heavy atom. The van der Waals surface area contributed by atoms with Gasteiger partial charge in [0.2, 0.25) is 10.0 Å². The Hall–Kier alpha value is -1.61. The highest BCUT2D eigenvalue weighted by atomic mass is 127. The Morgan fingerprint density at radius 1 is 1.09 bits per heavy atom. The van der Waals surface area contributed by atoms with Crippen LogP contribution in [0.5, 0.6) is 0 Å². The van der Waals surface area contributed by atoms with E-state index in [0.717, 1.165) is 3.57 Å². The molecule has 0 saturated carbocycles. The largest absolute Gasteiger partial charge is 0.322 e. The molecule has 0 aromatic heterocycles. The van der Waals surface area contributed by atoms with Crippen molar-refractivity contribution in [3.63, 3.8) is 0 Å². The first-order valence-electron chi connectivity index (χ1n) is 7.07. The van der Waals surface area contributed by atoms with Gasteiger partial charge in [-0.25, -0.2) is 8.42 Å². The average Bonchev–Trinajstić information content (AvgIpc) is 2.49. The second-order valence-corrected chi connectivity index (χ2v) is 8.05. The molecule has 0 fully saturated rings. The lowest BCUT2D eigenvalue weighted by atomic mass is 10.2. The van der Waals surface area contributed by atoms with Crippen LogP contribution in [0.15, 0.2) is 48.5 Å². The van der Waals surface area contributed by atoms with Crippen LogP contribution >= 0.6 is 22.6 Å². The van der Waals surface area contributed by atoms with Gasteiger partial charge in [0.15, 0.2) is 0 Å². The molecule has 0 radical (unpaired) electrons. The Kier molecular flexibility index (Phi) is 6.00. The van der Waals surface area contributed by atoms with E-state index in [1.54, 1.807) is 25.1 Å². The minimum absolute atomic E-state index is 0.0477. The standard InChI is InChI=1S/C16H17IN2O3S/c1-2-10-23(21,22)19-15-5-3-4-12(11-15)16(20)18-14-8-6-13(17)7-9-14/h3-9,11,19H,2,10H2,1H3,(H,18,20). The predicted molar refractivity (Wildman–Crippen MR) is 101 cm³/mol. The molecule has 0 spiro atoms. The van der Waals surface area contributed by atoms with Gasteiger partial charge >= 0.3 is 0 Å². The number of hydrogen-bond acceptors (Lipinski definition) is 3. The summed E-state index contributed by atoms with van der Waals surface area (Å²) in [6, 6.07) is 13.8. The topological polar surface area (TPSA) is 75.3 Å². The molecule has 23 heavy (non-hydrogen) atoms. The number of benzene rings is 2. The van der Waals surface area contributed by atoms with Crippen LogP contribution in [0.4, 0.5) is 11.4 Å². The summed E-state index contributed by atoms with van der Waals surface area (Å²) in [5.74, 6) is -0.241. The molecule has 0 aliphatic carbocycles. The number of nitrogens with one attached hydrogen (secondary N) is 2. The van der Waals surface area contributed by atoms with E-state index in [1.807, 2.05) is 24.3 Å². The van der Waals surface area contributed by atoms with Crippen LogP contribution in [-0.2, 0) is 10.0 Å². The van der Waals surface area contributed by atoms with Crippen LogP contribution in [0, 0.1) is 3.57 Å². The number of sulfonamides is 1. The number of hydrogen-bond donors (Lipinski definition) is 2. The van der Waals surface area contributed by atoms with Gasteiger partial charge in [0.05, 0.1) is 5.75 Å². The molecule has 1 amide bonds. The van der Waals surface area contributed by atoms with Crippen molar-refractivity contribution in [1.29, 1.82) is 0 Å². The lowest BCUT2D eigenvalue weighted by molar-refractivity contribution is 0.102. The Morgan fingerprint density at radius 2 is 1.78 bits per heavy atom. The van der Waals surface area contributed by atoms with E-state index in [-0.39, 0.29) is 11.7 Å². The van der Waals surface area contributed by atoms with Gasteiger partial charge in [0.25, 0.3) is 5.91 Å². The van der Waals surface area contributed by atoms with E-state index >= 15 is 0 Å². The summed E-state index contributed by atoms with van der Waals surface area (Å²) >= 11 is 2.19. The Labute approximate surface area is 149 Å². The maximum atomic E-state index is 12.3. The van der Waals surface area contributed by atoms with Crippen LogP contribution in [0.3, 0.4) is 0 Å². The van der Waals surface area contributed by atoms with Crippen molar-refractivity contribution in [1.82, 2.24) is 0 Å². The van der Waals surface area contributed by atoms with Gasteiger partial charge < -0.3 is 5.32 Å². The van der Waals surface area contributed by atoms with Crippen LogP contribution in [-0.4, -0.2) is 20.1 Å². The lowest BCUT2D eigenvalue weighted by Gasteiger charge is -2.09. The van der Waals surface area contributed by atoms with Crippen LogP contribution in [0.2, 0.25) is 0 Å². The van der Waals surface area contributed by atoms with Crippen molar-refractivity contribution in [3.05, 3.63) is 57.7 Å². The zero-order valence-electron chi connectivity index (χ0n) is 12.5. The molecule has 0 aliphatic heterocycles. The molecular weight excluding hydrogens is 427 g/mol. The minimum atomic E-state index is -3.37. The molecule has 0 aliphatic rings. The first-order chi connectivity index (χ1) is 10.9. The van der Waals surface area contributed by atoms with Crippen molar-refractivity contribution in [2.24, 2.45) is 0 Å². The van der Waals surface area contributed by atoms with Gasteiger partial charge in [-0.3, -0.25) is 9.52 Å². The van der Waals surface area contributed by atoms with Gasteiger partial charge in [-0.05, 0) is 71.5 Å². The van der Waals surface area contributed by atoms with Gasteiger partial charge in [-0.15, -0.1) is 0 Å². The quantitative estimate of drug-likeness (QED) is 0.668. The van der Waals surface area contributed by atoms with Crippen molar-refractivity contribution in [3.8, 4) is 0 Å². The summed E-state index contributed by atoms with van der Waals surface area (Å²) in [4.78, 5) is 12.3. The maximum Gasteiger partial charge on any atom is 0.255 e. The van der Waals surface area contributed by atoms with Crippen molar-refractivity contribution in [2.45, 2.75) is 13.3 Å². The first-order valence-corrected chi connectivity index (χ1v) is 9.80. The van der Waals surface area contributed by atoms with Gasteiger partial charge in [-0.1, -0.05) is 13.0 Å². The highest BCUT2D eigenvalue weighted by molar-refractivity contribution is 14.1. The molecular formula is C16H17IN2O3S. The fraction of sp³-hybridized carbons (Fsp3) is 0.188. The fourth-order valence-corrected chi connectivity index (χ4v) is 3.44. The fourth-order valence-electron chi connectivity index (χ4n) is 1.96.